The molecule has 0 aliphatic carbocycles. The van der Waals surface area contributed by atoms with Crippen LogP contribution < -0.4 is 0 Å². The monoisotopic (exact) mass is 370 g/mol. The lowest BCUT2D eigenvalue weighted by Gasteiger charge is -2.22. The maximum absolute atomic E-state index is 12.8. The lowest BCUT2D eigenvalue weighted by Crippen LogP contribution is -2.15. The molecule has 28 heavy (non-hydrogen) atoms. The predicted molar refractivity (Wildman–Crippen MR) is 106 cm³/mol. The van der Waals surface area contributed by atoms with Crippen molar-refractivity contribution in [1.29, 1.82) is 5.26 Å². The number of nitro groups is 1. The zero-order valence-electron chi connectivity index (χ0n) is 15.1. The third kappa shape index (κ3) is 4.30. The largest absolute Gasteiger partial charge is 0.294 e. The first-order chi connectivity index (χ1) is 13.6. The molecule has 0 aliphatic rings. The van der Waals surface area contributed by atoms with E-state index in [4.69, 9.17) is 0 Å². The number of carbonyl (C=O) groups excluding carboxylic acids is 1. The van der Waals surface area contributed by atoms with Gasteiger partial charge in [0.05, 0.1) is 16.9 Å². The molecule has 0 saturated heterocycles. The van der Waals surface area contributed by atoms with Crippen molar-refractivity contribution in [2.75, 3.05) is 0 Å². The number of hydrogen-bond donors (Lipinski definition) is 0. The summed E-state index contributed by atoms with van der Waals surface area (Å²) >= 11 is 0. The number of carbonyl (C=O) groups is 1. The molecule has 138 valence electrons. The maximum atomic E-state index is 12.8. The Morgan fingerprint density at radius 1 is 0.893 bits per heavy atom. The lowest BCUT2D eigenvalue weighted by molar-refractivity contribution is -0.384. The number of rotatable bonds is 7. The van der Waals surface area contributed by atoms with Crippen molar-refractivity contribution in [3.05, 3.63) is 112 Å². The Kier molecular flexibility index (Phi) is 5.93. The molecule has 0 unspecified atom stereocenters. The van der Waals surface area contributed by atoms with Gasteiger partial charge in [-0.2, -0.15) is 5.26 Å². The number of Topliss-reactive ketones (excluding diaryl/α,β-unsaturated/α-hetero) is 1. The highest BCUT2D eigenvalue weighted by atomic mass is 16.6. The van der Waals surface area contributed by atoms with Crippen LogP contribution in [0.15, 0.2) is 84.9 Å². The summed E-state index contributed by atoms with van der Waals surface area (Å²) in [6.07, 6.45) is 0.170. The zero-order chi connectivity index (χ0) is 19.9. The number of non-ortho nitro benzene ring substituents is 1. The molecule has 0 bridgehead atoms. The van der Waals surface area contributed by atoms with Crippen molar-refractivity contribution in [2.24, 2.45) is 0 Å². The Balaban J connectivity index is 1.96. The van der Waals surface area contributed by atoms with Gasteiger partial charge in [0.1, 0.15) is 0 Å². The van der Waals surface area contributed by atoms with Gasteiger partial charge in [0.15, 0.2) is 5.78 Å². The van der Waals surface area contributed by atoms with Gasteiger partial charge in [0.25, 0.3) is 5.69 Å². The van der Waals surface area contributed by atoms with Crippen LogP contribution in [0, 0.1) is 21.4 Å². The minimum absolute atomic E-state index is 0.0305. The van der Waals surface area contributed by atoms with Gasteiger partial charge in [0.2, 0.25) is 0 Å². The fraction of sp³-hybridized carbons (Fsp3) is 0.130. The molecule has 0 aromatic heterocycles. The number of hydrogen-bond acceptors (Lipinski definition) is 4. The van der Waals surface area contributed by atoms with Gasteiger partial charge in [-0.3, -0.25) is 14.9 Å². The highest BCUT2D eigenvalue weighted by Crippen LogP contribution is 2.36. The summed E-state index contributed by atoms with van der Waals surface area (Å²) in [4.78, 5) is 23.3. The summed E-state index contributed by atoms with van der Waals surface area (Å²) < 4.78 is 0. The summed E-state index contributed by atoms with van der Waals surface area (Å²) in [5.41, 5.74) is 2.11. The molecule has 3 aromatic carbocycles. The van der Waals surface area contributed by atoms with Gasteiger partial charge in [-0.25, -0.2) is 0 Å². The van der Waals surface area contributed by atoms with Gasteiger partial charge in [-0.1, -0.05) is 72.8 Å². The first kappa shape index (κ1) is 19.0. The summed E-state index contributed by atoms with van der Waals surface area (Å²) in [5, 5.41) is 20.8. The number of nitro benzene ring substituents is 1. The molecule has 3 rings (SSSR count). The van der Waals surface area contributed by atoms with E-state index < -0.39 is 10.8 Å². The van der Waals surface area contributed by atoms with Crippen molar-refractivity contribution in [2.45, 2.75) is 18.3 Å². The number of ketones is 1. The van der Waals surface area contributed by atoms with Gasteiger partial charge in [0, 0.05) is 30.0 Å². The van der Waals surface area contributed by atoms with Gasteiger partial charge < -0.3 is 0 Å². The second kappa shape index (κ2) is 8.74. The average molecular weight is 370 g/mol. The van der Waals surface area contributed by atoms with E-state index in [1.165, 1.54) is 12.1 Å². The molecular weight excluding hydrogens is 352 g/mol. The van der Waals surface area contributed by atoms with Gasteiger partial charge >= 0.3 is 0 Å². The van der Waals surface area contributed by atoms with Gasteiger partial charge in [-0.05, 0) is 11.1 Å². The standard InChI is InChI=1S/C23H18N2O3/c24-16-22(18-11-13-20(14-12-18)25(27)28)21(17-7-3-1-4-8-17)15-23(26)19-9-5-2-6-10-19/h1-14,21-22H,15H2/t21-,22+/m0/s1. The summed E-state index contributed by atoms with van der Waals surface area (Å²) in [7, 11) is 0. The fourth-order valence-electron chi connectivity index (χ4n) is 3.27. The van der Waals surface area contributed by atoms with E-state index >= 15 is 0 Å². The average Bonchev–Trinajstić information content (AvgIpc) is 2.75. The van der Waals surface area contributed by atoms with Crippen LogP contribution in [-0.2, 0) is 0 Å². The smallest absolute Gasteiger partial charge is 0.269 e. The van der Waals surface area contributed by atoms with E-state index in [1.54, 1.807) is 24.3 Å². The molecule has 5 nitrogen and oxygen atoms in total. The molecule has 0 N–H and O–H groups in total. The Labute approximate surface area is 163 Å². The van der Waals surface area contributed by atoms with E-state index in [0.29, 0.717) is 11.1 Å². The predicted octanol–water partition coefficient (Wildman–Crippen LogP) is 5.26. The lowest BCUT2D eigenvalue weighted by atomic mass is 9.78. The summed E-state index contributed by atoms with van der Waals surface area (Å²) in [6.45, 7) is 0. The minimum Gasteiger partial charge on any atom is -0.294 e. The van der Waals surface area contributed by atoms with Crippen LogP contribution in [-0.4, -0.2) is 10.7 Å². The quantitative estimate of drug-likeness (QED) is 0.323. The third-order valence-corrected chi connectivity index (χ3v) is 4.73. The zero-order valence-corrected chi connectivity index (χ0v) is 15.1. The Hall–Kier alpha value is -3.78. The van der Waals surface area contributed by atoms with Gasteiger partial charge in [-0.15, -0.1) is 0 Å². The molecule has 0 spiro atoms. The number of benzene rings is 3. The van der Waals surface area contributed by atoms with Crippen molar-refractivity contribution >= 4 is 11.5 Å². The van der Waals surface area contributed by atoms with E-state index in [-0.39, 0.29) is 23.8 Å². The van der Waals surface area contributed by atoms with Crippen molar-refractivity contribution < 1.29 is 9.72 Å². The molecule has 3 aromatic rings. The molecule has 0 fully saturated rings. The molecular formula is C23H18N2O3. The second-order valence-electron chi connectivity index (χ2n) is 6.47. The number of nitriles is 1. The van der Waals surface area contributed by atoms with Crippen LogP contribution in [0.1, 0.15) is 39.7 Å². The first-order valence-electron chi connectivity index (χ1n) is 8.87. The SMILES string of the molecule is N#C[C@H](c1ccc([N+](=O)[O-])cc1)[C@@H](CC(=O)c1ccccc1)c1ccccc1. The van der Waals surface area contributed by atoms with Crippen molar-refractivity contribution in [1.82, 2.24) is 0 Å². The van der Waals surface area contributed by atoms with E-state index in [1.807, 2.05) is 48.5 Å². The van der Waals surface area contributed by atoms with Crippen LogP contribution in [0.4, 0.5) is 5.69 Å². The van der Waals surface area contributed by atoms with Crippen LogP contribution in [0.25, 0.3) is 0 Å². The molecule has 2 atom stereocenters. The highest BCUT2D eigenvalue weighted by Gasteiger charge is 2.28. The van der Waals surface area contributed by atoms with Crippen LogP contribution in [0.5, 0.6) is 0 Å². The fourth-order valence-corrected chi connectivity index (χ4v) is 3.27. The van der Waals surface area contributed by atoms with E-state index in [2.05, 4.69) is 6.07 Å². The van der Waals surface area contributed by atoms with Crippen LogP contribution >= 0.6 is 0 Å². The highest BCUT2D eigenvalue weighted by molar-refractivity contribution is 5.96. The number of nitrogens with zero attached hydrogens (tertiary/aromatic N) is 2. The first-order valence-corrected chi connectivity index (χ1v) is 8.87. The van der Waals surface area contributed by atoms with Crippen LogP contribution in [0.2, 0.25) is 0 Å². The molecule has 0 heterocycles. The Morgan fingerprint density at radius 3 is 2.00 bits per heavy atom. The molecule has 0 saturated carbocycles. The van der Waals surface area contributed by atoms with Crippen LogP contribution in [0.3, 0.4) is 0 Å². The summed E-state index contributed by atoms with van der Waals surface area (Å²) in [6, 6.07) is 26.7. The Bertz CT molecular complexity index is 994. The third-order valence-electron chi connectivity index (χ3n) is 4.73. The molecule has 0 aliphatic heterocycles. The van der Waals surface area contributed by atoms with Crippen molar-refractivity contribution in [3.8, 4) is 6.07 Å². The molecule has 5 heteroatoms. The van der Waals surface area contributed by atoms with Crippen molar-refractivity contribution in [3.63, 3.8) is 0 Å². The van der Waals surface area contributed by atoms with E-state index in [9.17, 15) is 20.2 Å². The minimum atomic E-state index is -0.601. The summed E-state index contributed by atoms with van der Waals surface area (Å²) in [5.74, 6) is -1.01. The Morgan fingerprint density at radius 2 is 1.46 bits per heavy atom. The molecule has 0 amide bonds. The van der Waals surface area contributed by atoms with E-state index in [0.717, 1.165) is 5.56 Å². The maximum Gasteiger partial charge on any atom is 0.269 e. The topological polar surface area (TPSA) is 84.0 Å². The second-order valence-corrected chi connectivity index (χ2v) is 6.47. The molecule has 0 radical (unpaired) electrons. The normalized spacial score (nSPS) is 12.5.